The number of aromatic nitrogens is 3. The van der Waals surface area contributed by atoms with Gasteiger partial charge >= 0.3 is 0 Å². The van der Waals surface area contributed by atoms with Gasteiger partial charge in [0.25, 0.3) is 5.91 Å². The summed E-state index contributed by atoms with van der Waals surface area (Å²) in [5.41, 5.74) is 2.93. The third-order valence-electron chi connectivity index (χ3n) is 6.60. The highest BCUT2D eigenvalue weighted by Gasteiger charge is 2.27. The minimum atomic E-state index is -0.368. The van der Waals surface area contributed by atoms with E-state index in [0.717, 1.165) is 57.9 Å². The van der Waals surface area contributed by atoms with E-state index in [2.05, 4.69) is 31.5 Å². The summed E-state index contributed by atoms with van der Waals surface area (Å²) in [5.74, 6) is -0.368. The van der Waals surface area contributed by atoms with Crippen LogP contribution in [-0.2, 0) is 4.74 Å². The highest BCUT2D eigenvalue weighted by Crippen LogP contribution is 2.28. The molecule has 0 aliphatic carbocycles. The molecule has 1 amide bonds. The normalized spacial score (nSPS) is 17.2. The number of carbonyl (C=O) groups excluding carboxylic acids is 1. The number of anilines is 2. The number of benzene rings is 2. The van der Waals surface area contributed by atoms with Crippen molar-refractivity contribution in [3.8, 4) is 11.8 Å². The first-order valence-corrected chi connectivity index (χ1v) is 12.1. The summed E-state index contributed by atoms with van der Waals surface area (Å²) >= 11 is 5.96. The number of amides is 1. The lowest BCUT2D eigenvalue weighted by atomic mass is 10.0. The second kappa shape index (κ2) is 10.4. The SMILES string of the molecule is N#Cc1cc(NC(=O)c2cnnn2-c2ccc(Cl)cc2)ccc1N1CCC(N2CCOCC2)CC1. The Morgan fingerprint density at radius 1 is 1.09 bits per heavy atom. The Labute approximate surface area is 208 Å². The largest absolute Gasteiger partial charge is 0.379 e. The quantitative estimate of drug-likeness (QED) is 0.584. The van der Waals surface area contributed by atoms with Gasteiger partial charge in [0.1, 0.15) is 6.07 Å². The first-order chi connectivity index (χ1) is 17.1. The number of hydrogen-bond acceptors (Lipinski definition) is 7. The van der Waals surface area contributed by atoms with Crippen LogP contribution in [0, 0.1) is 11.3 Å². The van der Waals surface area contributed by atoms with Gasteiger partial charge in [0.2, 0.25) is 0 Å². The number of hydrogen-bond donors (Lipinski definition) is 1. The fourth-order valence-corrected chi connectivity index (χ4v) is 4.88. The van der Waals surface area contributed by atoms with Crippen LogP contribution in [0.1, 0.15) is 28.9 Å². The Hall–Kier alpha value is -3.45. The fraction of sp³-hybridized carbons (Fsp3) is 0.360. The van der Waals surface area contributed by atoms with Crippen LogP contribution >= 0.6 is 11.6 Å². The van der Waals surface area contributed by atoms with Crippen molar-refractivity contribution in [3.63, 3.8) is 0 Å². The number of ether oxygens (including phenoxy) is 1. The van der Waals surface area contributed by atoms with Crippen LogP contribution in [0.25, 0.3) is 5.69 Å². The highest BCUT2D eigenvalue weighted by molar-refractivity contribution is 6.30. The maximum absolute atomic E-state index is 13.0. The molecule has 0 bridgehead atoms. The number of piperidine rings is 1. The summed E-state index contributed by atoms with van der Waals surface area (Å²) in [6, 6.07) is 15.3. The zero-order chi connectivity index (χ0) is 24.2. The van der Waals surface area contributed by atoms with E-state index >= 15 is 0 Å². The van der Waals surface area contributed by atoms with Crippen molar-refractivity contribution in [2.24, 2.45) is 0 Å². The second-order valence-electron chi connectivity index (χ2n) is 8.67. The third-order valence-corrected chi connectivity index (χ3v) is 6.85. The van der Waals surface area contributed by atoms with Gasteiger partial charge in [-0.05, 0) is 55.3 Å². The summed E-state index contributed by atoms with van der Waals surface area (Å²) < 4.78 is 6.92. The smallest absolute Gasteiger partial charge is 0.276 e. The van der Waals surface area contributed by atoms with Crippen molar-refractivity contribution in [2.45, 2.75) is 18.9 Å². The minimum Gasteiger partial charge on any atom is -0.379 e. The summed E-state index contributed by atoms with van der Waals surface area (Å²) in [6.07, 6.45) is 3.53. The van der Waals surface area contributed by atoms with Gasteiger partial charge in [0.15, 0.2) is 5.69 Å². The summed E-state index contributed by atoms with van der Waals surface area (Å²) in [4.78, 5) is 17.8. The standard InChI is InChI=1S/C25H26ClN7O2/c26-19-1-4-22(5-2-19)33-24(17-28-30-33)25(34)29-20-3-6-23(18(15-20)16-27)32-9-7-21(8-10-32)31-11-13-35-14-12-31/h1-6,15,17,21H,7-14H2,(H,29,34). The maximum atomic E-state index is 13.0. The lowest BCUT2D eigenvalue weighted by Gasteiger charge is -2.41. The lowest BCUT2D eigenvalue weighted by Crippen LogP contribution is -2.49. The Balaban J connectivity index is 1.26. The van der Waals surface area contributed by atoms with Gasteiger partial charge in [-0.3, -0.25) is 9.69 Å². The Bertz CT molecular complexity index is 1220. The molecule has 9 nitrogen and oxygen atoms in total. The van der Waals surface area contributed by atoms with Crippen LogP contribution in [0.2, 0.25) is 5.02 Å². The average Bonchev–Trinajstić information content (AvgIpc) is 3.40. The van der Waals surface area contributed by atoms with Crippen molar-refractivity contribution in [1.29, 1.82) is 5.26 Å². The number of halogens is 1. The van der Waals surface area contributed by atoms with Gasteiger partial charge in [0, 0.05) is 42.9 Å². The molecule has 0 saturated carbocycles. The molecule has 3 aromatic rings. The number of nitriles is 1. The molecule has 0 radical (unpaired) electrons. The maximum Gasteiger partial charge on any atom is 0.276 e. The van der Waals surface area contributed by atoms with E-state index in [0.29, 0.717) is 28.0 Å². The summed E-state index contributed by atoms with van der Waals surface area (Å²) in [7, 11) is 0. The number of nitrogens with one attached hydrogen (secondary N) is 1. The molecule has 0 spiro atoms. The molecule has 2 saturated heterocycles. The molecule has 0 unspecified atom stereocenters. The first kappa shape index (κ1) is 23.3. The molecular weight excluding hydrogens is 466 g/mol. The molecule has 3 heterocycles. The number of nitrogens with zero attached hydrogens (tertiary/aromatic N) is 6. The molecular formula is C25H26ClN7O2. The van der Waals surface area contributed by atoms with E-state index in [9.17, 15) is 10.1 Å². The zero-order valence-corrected chi connectivity index (χ0v) is 20.0. The number of rotatable bonds is 5. The van der Waals surface area contributed by atoms with E-state index in [-0.39, 0.29) is 11.6 Å². The number of carbonyl (C=O) groups is 1. The van der Waals surface area contributed by atoms with E-state index < -0.39 is 0 Å². The van der Waals surface area contributed by atoms with Gasteiger partial charge in [-0.15, -0.1) is 5.10 Å². The van der Waals surface area contributed by atoms with E-state index in [4.69, 9.17) is 16.3 Å². The molecule has 2 aliphatic rings. The van der Waals surface area contributed by atoms with Crippen molar-refractivity contribution in [1.82, 2.24) is 19.9 Å². The molecule has 1 aromatic heterocycles. The monoisotopic (exact) mass is 491 g/mol. The Morgan fingerprint density at radius 2 is 1.83 bits per heavy atom. The van der Waals surface area contributed by atoms with Crippen molar-refractivity contribution < 1.29 is 9.53 Å². The predicted molar refractivity (Wildman–Crippen MR) is 133 cm³/mol. The minimum absolute atomic E-state index is 0.278. The van der Waals surface area contributed by atoms with Crippen LogP contribution in [-0.4, -0.2) is 71.2 Å². The molecule has 2 aliphatic heterocycles. The Morgan fingerprint density at radius 3 is 2.54 bits per heavy atom. The molecule has 2 fully saturated rings. The molecule has 10 heteroatoms. The molecule has 1 N–H and O–H groups in total. The van der Waals surface area contributed by atoms with Crippen LogP contribution in [0.3, 0.4) is 0 Å². The summed E-state index contributed by atoms with van der Waals surface area (Å²) in [6.45, 7) is 5.40. The van der Waals surface area contributed by atoms with E-state index in [1.165, 1.54) is 10.9 Å². The predicted octanol–water partition coefficient (Wildman–Crippen LogP) is 3.35. The van der Waals surface area contributed by atoms with E-state index in [1.807, 2.05) is 12.1 Å². The van der Waals surface area contributed by atoms with Crippen molar-refractivity contribution in [3.05, 3.63) is 64.9 Å². The lowest BCUT2D eigenvalue weighted by molar-refractivity contribution is 0.0115. The second-order valence-corrected chi connectivity index (χ2v) is 9.11. The Kier molecular flexibility index (Phi) is 6.95. The topological polar surface area (TPSA) is 99.3 Å². The third kappa shape index (κ3) is 5.15. The molecule has 35 heavy (non-hydrogen) atoms. The van der Waals surface area contributed by atoms with Gasteiger partial charge in [-0.1, -0.05) is 16.8 Å². The van der Waals surface area contributed by atoms with Crippen molar-refractivity contribution >= 4 is 28.9 Å². The highest BCUT2D eigenvalue weighted by atomic mass is 35.5. The molecule has 5 rings (SSSR count). The number of morpholine rings is 1. The molecule has 2 aromatic carbocycles. The molecule has 180 valence electrons. The van der Waals surface area contributed by atoms with Gasteiger partial charge in [-0.2, -0.15) is 5.26 Å². The zero-order valence-electron chi connectivity index (χ0n) is 19.2. The van der Waals surface area contributed by atoms with Crippen LogP contribution in [0.5, 0.6) is 0 Å². The van der Waals surface area contributed by atoms with Crippen LogP contribution in [0.4, 0.5) is 11.4 Å². The van der Waals surface area contributed by atoms with Crippen LogP contribution in [0.15, 0.2) is 48.7 Å². The van der Waals surface area contributed by atoms with E-state index in [1.54, 1.807) is 30.3 Å². The molecule has 0 atom stereocenters. The fourth-order valence-electron chi connectivity index (χ4n) is 4.75. The van der Waals surface area contributed by atoms with Crippen LogP contribution < -0.4 is 10.2 Å². The van der Waals surface area contributed by atoms with Gasteiger partial charge in [-0.25, -0.2) is 4.68 Å². The summed E-state index contributed by atoms with van der Waals surface area (Å²) in [5, 5.41) is 21.2. The van der Waals surface area contributed by atoms with Crippen molar-refractivity contribution in [2.75, 3.05) is 49.6 Å². The van der Waals surface area contributed by atoms with Gasteiger partial charge in [0.05, 0.1) is 36.3 Å². The first-order valence-electron chi connectivity index (χ1n) is 11.7. The van der Waals surface area contributed by atoms with Gasteiger partial charge < -0.3 is 15.0 Å². The average molecular weight is 492 g/mol.